The van der Waals surface area contributed by atoms with Gasteiger partial charge in [-0.25, -0.2) is 9.59 Å². The van der Waals surface area contributed by atoms with Crippen molar-refractivity contribution >= 4 is 11.9 Å². The largest absolute Gasteiger partial charge is 0.491 e. The summed E-state index contributed by atoms with van der Waals surface area (Å²) in [6.45, 7) is 6.21. The summed E-state index contributed by atoms with van der Waals surface area (Å²) in [6.07, 6.45) is 6.65. The monoisotopic (exact) mass is 314 g/mol. The third-order valence-electron chi connectivity index (χ3n) is 6.97. The molecule has 0 saturated heterocycles. The van der Waals surface area contributed by atoms with Crippen molar-refractivity contribution in [1.82, 2.24) is 0 Å². The number of allylic oxidation sites excluding steroid dienone is 1. The molecule has 3 atom stereocenters. The van der Waals surface area contributed by atoms with Crippen LogP contribution < -0.4 is 0 Å². The highest BCUT2D eigenvalue weighted by Gasteiger charge is 2.75. The highest BCUT2D eigenvalue weighted by atomic mass is 16.6. The Bertz CT molecular complexity index is 695. The number of hydrogen-bond acceptors (Lipinski definition) is 4. The van der Waals surface area contributed by atoms with Crippen molar-refractivity contribution in [3.63, 3.8) is 0 Å². The van der Waals surface area contributed by atoms with Crippen molar-refractivity contribution < 1.29 is 19.1 Å². The van der Waals surface area contributed by atoms with E-state index in [2.05, 4.69) is 13.0 Å². The predicted octanol–water partition coefficient (Wildman–Crippen LogP) is 3.13. The molecule has 0 radical (unpaired) electrons. The van der Waals surface area contributed by atoms with Crippen LogP contribution in [0.5, 0.6) is 0 Å². The van der Waals surface area contributed by atoms with E-state index in [0.717, 1.165) is 31.4 Å². The fourth-order valence-electron chi connectivity index (χ4n) is 6.09. The van der Waals surface area contributed by atoms with Gasteiger partial charge < -0.3 is 9.47 Å². The van der Waals surface area contributed by atoms with Crippen LogP contribution in [-0.2, 0) is 19.1 Å². The normalized spacial score (nSPS) is 41.3. The van der Waals surface area contributed by atoms with Crippen LogP contribution >= 0.6 is 0 Å². The van der Waals surface area contributed by atoms with Crippen molar-refractivity contribution in [3.05, 3.63) is 23.0 Å². The van der Waals surface area contributed by atoms with E-state index in [0.29, 0.717) is 23.0 Å². The number of fused-ring (bicyclic) bond motifs is 1. The quantitative estimate of drug-likeness (QED) is 0.580. The maximum atomic E-state index is 12.7. The molecule has 0 amide bonds. The van der Waals surface area contributed by atoms with Gasteiger partial charge in [-0.2, -0.15) is 0 Å². The van der Waals surface area contributed by atoms with Crippen molar-refractivity contribution in [2.45, 2.75) is 52.1 Å². The molecule has 0 aromatic heterocycles. The molecule has 0 aromatic rings. The second kappa shape index (κ2) is 3.90. The number of carbonyl (C=O) groups excluding carboxylic acids is 2. The molecule has 2 heterocycles. The van der Waals surface area contributed by atoms with Gasteiger partial charge in [-0.15, -0.1) is 0 Å². The SMILES string of the molecule is CC1=CC2C(C)C3=C(C(=O)OC3=O)C(C3CC3)(C3CC3)C2(C)O1. The van der Waals surface area contributed by atoms with E-state index < -0.39 is 17.5 Å². The third-order valence-corrected chi connectivity index (χ3v) is 6.97. The van der Waals surface area contributed by atoms with E-state index >= 15 is 0 Å². The fourth-order valence-corrected chi connectivity index (χ4v) is 6.09. The van der Waals surface area contributed by atoms with E-state index in [-0.39, 0.29) is 17.3 Å². The van der Waals surface area contributed by atoms with E-state index in [1.54, 1.807) is 0 Å². The Morgan fingerprint density at radius 2 is 1.70 bits per heavy atom. The van der Waals surface area contributed by atoms with Gasteiger partial charge in [-0.1, -0.05) is 6.92 Å². The number of rotatable bonds is 2. The molecule has 2 saturated carbocycles. The zero-order chi connectivity index (χ0) is 16.1. The maximum absolute atomic E-state index is 12.7. The molecule has 4 nitrogen and oxygen atoms in total. The van der Waals surface area contributed by atoms with Crippen molar-refractivity contribution in [2.24, 2.45) is 29.1 Å². The van der Waals surface area contributed by atoms with E-state index in [1.165, 1.54) is 0 Å². The molecule has 0 N–H and O–H groups in total. The predicted molar refractivity (Wildman–Crippen MR) is 81.9 cm³/mol. The fraction of sp³-hybridized carbons (Fsp3) is 0.684. The molecule has 2 fully saturated rings. The zero-order valence-electron chi connectivity index (χ0n) is 13.8. The van der Waals surface area contributed by atoms with Gasteiger partial charge in [0.1, 0.15) is 5.60 Å². The van der Waals surface area contributed by atoms with Crippen LogP contribution in [0.25, 0.3) is 0 Å². The van der Waals surface area contributed by atoms with Crippen LogP contribution in [0.1, 0.15) is 46.5 Å². The summed E-state index contributed by atoms with van der Waals surface area (Å²) in [7, 11) is 0. The van der Waals surface area contributed by atoms with Crippen molar-refractivity contribution in [2.75, 3.05) is 0 Å². The number of ether oxygens (including phenoxy) is 2. The van der Waals surface area contributed by atoms with Crippen LogP contribution in [0.2, 0.25) is 0 Å². The number of hydrogen-bond donors (Lipinski definition) is 0. The molecule has 5 rings (SSSR count). The number of cyclic esters (lactones) is 2. The van der Waals surface area contributed by atoms with Crippen molar-refractivity contribution in [3.8, 4) is 0 Å². The molecular formula is C19H22O4. The first kappa shape index (κ1) is 13.8. The Hall–Kier alpha value is -1.58. The maximum Gasteiger partial charge on any atom is 0.343 e. The molecule has 0 aromatic carbocycles. The van der Waals surface area contributed by atoms with Gasteiger partial charge in [0.2, 0.25) is 0 Å². The highest BCUT2D eigenvalue weighted by Crippen LogP contribution is 2.73. The molecule has 0 spiro atoms. The van der Waals surface area contributed by atoms with Gasteiger partial charge >= 0.3 is 11.9 Å². The Labute approximate surface area is 135 Å². The molecule has 23 heavy (non-hydrogen) atoms. The van der Waals surface area contributed by atoms with Gasteiger partial charge in [0.15, 0.2) is 0 Å². The Balaban J connectivity index is 1.83. The molecular weight excluding hydrogens is 292 g/mol. The first-order valence-corrected chi connectivity index (χ1v) is 8.80. The first-order chi connectivity index (χ1) is 10.9. The van der Waals surface area contributed by atoms with Crippen LogP contribution in [0.4, 0.5) is 0 Å². The lowest BCUT2D eigenvalue weighted by Gasteiger charge is -2.54. The third kappa shape index (κ3) is 1.40. The summed E-state index contributed by atoms with van der Waals surface area (Å²) in [5.41, 5.74) is 0.561. The average Bonchev–Trinajstić information content (AvgIpc) is 3.36. The number of carbonyl (C=O) groups is 2. The van der Waals surface area contributed by atoms with Gasteiger partial charge in [0.25, 0.3) is 0 Å². The Morgan fingerprint density at radius 3 is 2.26 bits per heavy atom. The molecule has 3 aliphatic carbocycles. The molecule has 3 unspecified atom stereocenters. The Kier molecular flexibility index (Phi) is 2.35. The lowest BCUT2D eigenvalue weighted by Crippen LogP contribution is -2.59. The van der Waals surface area contributed by atoms with Crippen molar-refractivity contribution in [1.29, 1.82) is 0 Å². The second-order valence-electron chi connectivity index (χ2n) is 8.18. The van der Waals surface area contributed by atoms with Crippen LogP contribution in [0.15, 0.2) is 23.0 Å². The number of esters is 2. The minimum Gasteiger partial charge on any atom is -0.491 e. The highest BCUT2D eigenvalue weighted by molar-refractivity contribution is 6.14. The molecule has 4 heteroatoms. The summed E-state index contributed by atoms with van der Waals surface area (Å²) in [5, 5.41) is 0. The van der Waals surface area contributed by atoms with Crippen LogP contribution in [0.3, 0.4) is 0 Å². The van der Waals surface area contributed by atoms with Crippen LogP contribution in [0, 0.1) is 29.1 Å². The average molecular weight is 314 g/mol. The van der Waals surface area contributed by atoms with Gasteiger partial charge in [-0.3, -0.25) is 0 Å². The minimum atomic E-state index is -0.429. The van der Waals surface area contributed by atoms with Gasteiger partial charge in [0, 0.05) is 11.3 Å². The first-order valence-electron chi connectivity index (χ1n) is 8.80. The lowest BCUT2D eigenvalue weighted by atomic mass is 9.50. The molecule has 2 aliphatic heterocycles. The van der Waals surface area contributed by atoms with E-state index in [1.807, 2.05) is 13.8 Å². The zero-order valence-corrected chi connectivity index (χ0v) is 13.8. The van der Waals surface area contributed by atoms with Crippen LogP contribution in [-0.4, -0.2) is 17.5 Å². The lowest BCUT2D eigenvalue weighted by molar-refractivity contribution is -0.154. The molecule has 122 valence electrons. The van der Waals surface area contributed by atoms with Gasteiger partial charge in [-0.05, 0) is 63.4 Å². The Morgan fingerprint density at radius 1 is 1.09 bits per heavy atom. The molecule has 0 bridgehead atoms. The topological polar surface area (TPSA) is 52.6 Å². The summed E-state index contributed by atoms with van der Waals surface area (Å²) in [4.78, 5) is 25.1. The second-order valence-corrected chi connectivity index (χ2v) is 8.18. The van der Waals surface area contributed by atoms with E-state index in [4.69, 9.17) is 9.47 Å². The summed E-state index contributed by atoms with van der Waals surface area (Å²) in [5.74, 6) is 1.11. The summed E-state index contributed by atoms with van der Waals surface area (Å²) < 4.78 is 11.5. The molecule has 5 aliphatic rings. The van der Waals surface area contributed by atoms with Gasteiger partial charge in [0.05, 0.1) is 16.9 Å². The minimum absolute atomic E-state index is 0.0305. The smallest absolute Gasteiger partial charge is 0.343 e. The summed E-state index contributed by atoms with van der Waals surface area (Å²) in [6, 6.07) is 0. The van der Waals surface area contributed by atoms with E-state index in [9.17, 15) is 9.59 Å². The summed E-state index contributed by atoms with van der Waals surface area (Å²) >= 11 is 0. The standard InChI is InChI=1S/C19H22O4/c1-9-8-13-10(2)14-15(17(21)22-16(14)20)19(11-4-5-11,12-6-7-12)18(13,3)23-9/h8,10-13H,4-7H2,1-3H3.